The van der Waals surface area contributed by atoms with Gasteiger partial charge in [0.2, 0.25) is 0 Å². The van der Waals surface area contributed by atoms with Crippen molar-refractivity contribution in [3.05, 3.63) is 42.0 Å². The van der Waals surface area contributed by atoms with E-state index in [4.69, 9.17) is 9.47 Å². The number of likely N-dealkylation sites (tertiary alicyclic amines) is 1. The van der Waals surface area contributed by atoms with Crippen LogP contribution >= 0.6 is 0 Å². The van der Waals surface area contributed by atoms with Gasteiger partial charge in [-0.05, 0) is 111 Å². The molecule has 2 aromatic carbocycles. The van der Waals surface area contributed by atoms with Gasteiger partial charge in [0.05, 0.1) is 18.1 Å². The minimum absolute atomic E-state index is 0.0411. The van der Waals surface area contributed by atoms with E-state index >= 15 is 0 Å². The molecular formula is C30H43NO3. The lowest BCUT2D eigenvalue weighted by Gasteiger charge is -2.37. The van der Waals surface area contributed by atoms with Crippen LogP contribution in [0.25, 0.3) is 10.8 Å². The van der Waals surface area contributed by atoms with Crippen LogP contribution in [0.5, 0.6) is 5.75 Å². The molecule has 0 N–H and O–H groups in total. The minimum Gasteiger partial charge on any atom is -0.490 e. The topological polar surface area (TPSA) is 38.8 Å². The second-order valence-electron chi connectivity index (χ2n) is 11.9. The summed E-state index contributed by atoms with van der Waals surface area (Å²) in [6.45, 7) is 14.3. The molecule has 0 bridgehead atoms. The van der Waals surface area contributed by atoms with Crippen LogP contribution in [0.3, 0.4) is 0 Å². The van der Waals surface area contributed by atoms with Gasteiger partial charge < -0.3 is 9.47 Å². The lowest BCUT2D eigenvalue weighted by Crippen LogP contribution is -2.43. The van der Waals surface area contributed by atoms with Crippen LogP contribution in [0, 0.1) is 16.7 Å². The first-order valence-electron chi connectivity index (χ1n) is 13.3. The summed E-state index contributed by atoms with van der Waals surface area (Å²) in [5, 5.41) is 2.49. The van der Waals surface area contributed by atoms with Crippen LogP contribution in [0.2, 0.25) is 0 Å². The molecule has 0 aromatic heterocycles. The normalized spacial score (nSPS) is 23.6. The van der Waals surface area contributed by atoms with E-state index in [1.54, 1.807) is 0 Å². The molecular weight excluding hydrogens is 422 g/mol. The number of ether oxygens (including phenoxy) is 2. The number of nitrogens with zero attached hydrogens (tertiary/aromatic N) is 1. The summed E-state index contributed by atoms with van der Waals surface area (Å²) >= 11 is 0. The number of carbonyl (C=O) groups excluding carboxylic acids is 1. The molecule has 0 atom stereocenters. The maximum absolute atomic E-state index is 12.3. The van der Waals surface area contributed by atoms with Crippen molar-refractivity contribution in [1.29, 1.82) is 0 Å². The smallest absolute Gasteiger partial charge is 0.311 e. The van der Waals surface area contributed by atoms with E-state index in [1.807, 2.05) is 13.8 Å². The molecule has 4 nitrogen and oxygen atoms in total. The summed E-state index contributed by atoms with van der Waals surface area (Å²) in [6, 6.07) is 13.3. The fraction of sp³-hybridized carbons (Fsp3) is 0.633. The van der Waals surface area contributed by atoms with Crippen molar-refractivity contribution < 1.29 is 14.3 Å². The first-order chi connectivity index (χ1) is 16.2. The predicted molar refractivity (Wildman–Crippen MR) is 139 cm³/mol. The van der Waals surface area contributed by atoms with Gasteiger partial charge in [0.1, 0.15) is 5.75 Å². The zero-order chi connectivity index (χ0) is 24.3. The van der Waals surface area contributed by atoms with Crippen LogP contribution in [0.15, 0.2) is 36.4 Å². The first kappa shape index (κ1) is 25.0. The van der Waals surface area contributed by atoms with Crippen molar-refractivity contribution in [2.75, 3.05) is 19.7 Å². The second-order valence-corrected chi connectivity index (χ2v) is 11.9. The number of benzene rings is 2. The van der Waals surface area contributed by atoms with E-state index in [9.17, 15) is 4.79 Å². The Kier molecular flexibility index (Phi) is 7.57. The third-order valence-electron chi connectivity index (χ3n) is 8.21. The average Bonchev–Trinajstić information content (AvgIpc) is 2.81. The van der Waals surface area contributed by atoms with Crippen molar-refractivity contribution in [1.82, 2.24) is 4.90 Å². The molecule has 1 saturated carbocycles. The number of piperidine rings is 1. The Morgan fingerprint density at radius 3 is 2.29 bits per heavy atom. The van der Waals surface area contributed by atoms with Gasteiger partial charge in [0.25, 0.3) is 0 Å². The maximum Gasteiger partial charge on any atom is 0.311 e. The van der Waals surface area contributed by atoms with Gasteiger partial charge in [-0.3, -0.25) is 9.69 Å². The Morgan fingerprint density at radius 2 is 1.65 bits per heavy atom. The molecule has 4 rings (SSSR count). The van der Waals surface area contributed by atoms with Crippen molar-refractivity contribution in [2.24, 2.45) is 16.7 Å². The molecule has 186 valence electrons. The fourth-order valence-corrected chi connectivity index (χ4v) is 5.66. The zero-order valence-corrected chi connectivity index (χ0v) is 21.9. The molecule has 34 heavy (non-hydrogen) atoms. The van der Waals surface area contributed by atoms with Crippen molar-refractivity contribution >= 4 is 16.7 Å². The van der Waals surface area contributed by atoms with Gasteiger partial charge >= 0.3 is 5.97 Å². The van der Waals surface area contributed by atoms with Crippen molar-refractivity contribution in [3.63, 3.8) is 0 Å². The van der Waals surface area contributed by atoms with E-state index in [0.717, 1.165) is 57.0 Å². The maximum atomic E-state index is 12.3. The third-order valence-corrected chi connectivity index (χ3v) is 8.21. The number of esters is 1. The highest BCUT2D eigenvalue weighted by Gasteiger charge is 2.38. The Balaban J connectivity index is 1.32. The summed E-state index contributed by atoms with van der Waals surface area (Å²) in [5.74, 6) is 1.76. The molecule has 1 heterocycles. The van der Waals surface area contributed by atoms with E-state index in [1.165, 1.54) is 29.2 Å². The largest absolute Gasteiger partial charge is 0.490 e. The molecule has 4 heteroatoms. The summed E-state index contributed by atoms with van der Waals surface area (Å²) in [7, 11) is 0. The standard InChI is InChI=1S/C30H43NO3/c1-6-33-28(32)30(5)15-17-31(18-16-30)21-22-7-8-24-20-27(12-9-23(24)19-22)34-26-13-10-25(11-14-26)29(2,3)4/h7-9,12,19-20,25-26H,6,10-11,13-18,21H2,1-5H3/t25-,26-. The van der Waals surface area contributed by atoms with Gasteiger partial charge in [-0.1, -0.05) is 39.0 Å². The average molecular weight is 466 g/mol. The summed E-state index contributed by atoms with van der Waals surface area (Å²) in [4.78, 5) is 14.7. The fourth-order valence-electron chi connectivity index (χ4n) is 5.66. The quantitative estimate of drug-likeness (QED) is 0.431. The van der Waals surface area contributed by atoms with E-state index < -0.39 is 0 Å². The summed E-state index contributed by atoms with van der Waals surface area (Å²) in [5.41, 5.74) is 1.39. The summed E-state index contributed by atoms with van der Waals surface area (Å²) < 4.78 is 11.7. The molecule has 1 aliphatic heterocycles. The SMILES string of the molecule is CCOC(=O)C1(C)CCN(Cc2ccc3cc(O[C@H]4CC[C@H](C(C)(C)C)CC4)ccc3c2)CC1. The molecule has 2 aromatic rings. The zero-order valence-electron chi connectivity index (χ0n) is 21.9. The first-order valence-corrected chi connectivity index (χ1v) is 13.3. The number of carbonyl (C=O) groups is 1. The van der Waals surface area contributed by atoms with Gasteiger partial charge in [0, 0.05) is 6.54 Å². The number of hydrogen-bond acceptors (Lipinski definition) is 4. The van der Waals surface area contributed by atoms with Crippen molar-refractivity contribution in [2.45, 2.75) is 85.8 Å². The second kappa shape index (κ2) is 10.3. The van der Waals surface area contributed by atoms with Crippen LogP contribution in [0.1, 0.15) is 78.7 Å². The monoisotopic (exact) mass is 465 g/mol. The molecule has 1 saturated heterocycles. The van der Waals surface area contributed by atoms with Gasteiger partial charge in [-0.2, -0.15) is 0 Å². The molecule has 0 unspecified atom stereocenters. The minimum atomic E-state index is -0.335. The molecule has 2 aliphatic rings. The van der Waals surface area contributed by atoms with E-state index in [0.29, 0.717) is 18.1 Å². The summed E-state index contributed by atoms with van der Waals surface area (Å²) in [6.07, 6.45) is 6.90. The molecule has 2 fully saturated rings. The van der Waals surface area contributed by atoms with Crippen LogP contribution < -0.4 is 4.74 Å². The molecule has 0 amide bonds. The highest BCUT2D eigenvalue weighted by Crippen LogP contribution is 2.39. The third kappa shape index (κ3) is 5.94. The Labute approximate surface area is 206 Å². The van der Waals surface area contributed by atoms with Gasteiger partial charge in [-0.25, -0.2) is 0 Å². The number of fused-ring (bicyclic) bond motifs is 1. The highest BCUT2D eigenvalue weighted by atomic mass is 16.5. The number of hydrogen-bond donors (Lipinski definition) is 0. The van der Waals surface area contributed by atoms with Gasteiger partial charge in [0.15, 0.2) is 0 Å². The Bertz CT molecular complexity index is 976. The van der Waals surface area contributed by atoms with E-state index in [2.05, 4.69) is 62.1 Å². The van der Waals surface area contributed by atoms with Crippen molar-refractivity contribution in [3.8, 4) is 5.75 Å². The molecule has 0 spiro atoms. The van der Waals surface area contributed by atoms with E-state index in [-0.39, 0.29) is 11.4 Å². The van der Waals surface area contributed by atoms with Crippen LogP contribution in [0.4, 0.5) is 0 Å². The molecule has 0 radical (unpaired) electrons. The molecule has 1 aliphatic carbocycles. The predicted octanol–water partition coefficient (Wildman–Crippen LogP) is 6.99. The number of rotatable bonds is 6. The Morgan fingerprint density at radius 1 is 1.00 bits per heavy atom. The highest BCUT2D eigenvalue weighted by molar-refractivity contribution is 5.84. The Hall–Kier alpha value is -2.07. The van der Waals surface area contributed by atoms with Gasteiger partial charge in [-0.15, -0.1) is 0 Å². The van der Waals surface area contributed by atoms with Crippen LogP contribution in [-0.2, 0) is 16.1 Å². The lowest BCUT2D eigenvalue weighted by molar-refractivity contribution is -0.157. The van der Waals surface area contributed by atoms with Crippen LogP contribution in [-0.4, -0.2) is 36.7 Å². The lowest BCUT2D eigenvalue weighted by atomic mass is 9.72.